The molecule has 2 aliphatic heterocycles. The van der Waals surface area contributed by atoms with E-state index in [-0.39, 0.29) is 53.6 Å². The van der Waals surface area contributed by atoms with Gasteiger partial charge in [0.25, 0.3) is 6.47 Å². The molecule has 0 bridgehead atoms. The third-order valence-corrected chi connectivity index (χ3v) is 9.02. The van der Waals surface area contributed by atoms with Crippen molar-refractivity contribution < 1.29 is 23.9 Å². The molecule has 9 nitrogen and oxygen atoms in total. The molecular weight excluding hydrogens is 580 g/mol. The summed E-state index contributed by atoms with van der Waals surface area (Å²) in [6, 6.07) is 9.98. The molecule has 262 valence electrons. The maximum Gasteiger partial charge on any atom is 0.292 e. The van der Waals surface area contributed by atoms with Crippen LogP contribution < -0.4 is 5.32 Å². The van der Waals surface area contributed by atoms with E-state index in [9.17, 15) is 14.4 Å². The third kappa shape index (κ3) is 13.0. The molecule has 0 radical (unpaired) electrons. The number of benzene rings is 1. The van der Waals surface area contributed by atoms with Crippen LogP contribution in [0.4, 0.5) is 0 Å². The van der Waals surface area contributed by atoms with Gasteiger partial charge in [0.1, 0.15) is 0 Å². The van der Waals surface area contributed by atoms with Gasteiger partial charge in [-0.1, -0.05) is 92.1 Å². The Labute approximate surface area is 279 Å². The summed E-state index contributed by atoms with van der Waals surface area (Å²) in [5.41, 5.74) is 0.769. The maximum absolute atomic E-state index is 13.3. The highest BCUT2D eigenvalue weighted by Crippen LogP contribution is 2.34. The molecule has 46 heavy (non-hydrogen) atoms. The Morgan fingerprint density at radius 2 is 1.54 bits per heavy atom. The van der Waals surface area contributed by atoms with Crippen LogP contribution in [0, 0.1) is 17.8 Å². The number of ether oxygens (including phenoxy) is 1. The van der Waals surface area contributed by atoms with Crippen LogP contribution in [0.1, 0.15) is 99.5 Å². The molecule has 0 saturated carbocycles. The van der Waals surface area contributed by atoms with Crippen LogP contribution in [0.15, 0.2) is 30.3 Å². The van der Waals surface area contributed by atoms with Crippen molar-refractivity contribution in [3.8, 4) is 0 Å². The van der Waals surface area contributed by atoms with Crippen LogP contribution in [-0.2, 0) is 29.3 Å². The standard InChI is InChI=1S/C31H50N4O3.C4H10.C2H4O2/c1-7-25(31(4,5)24-15-9-8-10-16-24)29(37)32-21-28(36)33(6)27(23(2)3)22-35-20-12-11-17-26(35)30(38)34-18-13-14-19-34;1-4(2)3;1-4-2-3/h8-10,15-16,23,25-27H,7,11-14,17-22H2,1-6H3,(H,32,37);4H,1-3H3;2H,1H3/t25-,26+,27-;;/m1../s1. The number of methoxy groups -OCH3 is 1. The number of piperidine rings is 1. The van der Waals surface area contributed by atoms with E-state index in [4.69, 9.17) is 4.79 Å². The van der Waals surface area contributed by atoms with Crippen molar-refractivity contribution in [1.82, 2.24) is 20.0 Å². The van der Waals surface area contributed by atoms with Crippen LogP contribution >= 0.6 is 0 Å². The highest BCUT2D eigenvalue weighted by Gasteiger charge is 2.37. The smallest absolute Gasteiger partial charge is 0.292 e. The lowest BCUT2D eigenvalue weighted by Gasteiger charge is -2.41. The van der Waals surface area contributed by atoms with Gasteiger partial charge in [0.15, 0.2) is 0 Å². The molecule has 0 spiro atoms. The number of amides is 3. The number of carbonyl (C=O) groups is 4. The fourth-order valence-corrected chi connectivity index (χ4v) is 6.35. The van der Waals surface area contributed by atoms with Gasteiger partial charge in [0.2, 0.25) is 17.7 Å². The van der Waals surface area contributed by atoms with Crippen molar-refractivity contribution in [2.24, 2.45) is 17.8 Å². The summed E-state index contributed by atoms with van der Waals surface area (Å²) in [6.45, 7) is 20.6. The number of rotatable bonds is 12. The Hall–Kier alpha value is -2.94. The Bertz CT molecular complexity index is 1040. The second-order valence-electron chi connectivity index (χ2n) is 14.2. The Balaban J connectivity index is 0.00000118. The zero-order chi connectivity index (χ0) is 34.9. The predicted molar refractivity (Wildman–Crippen MR) is 186 cm³/mol. The zero-order valence-corrected chi connectivity index (χ0v) is 30.5. The summed E-state index contributed by atoms with van der Waals surface area (Å²) in [5, 5.41) is 2.95. The van der Waals surface area contributed by atoms with Crippen molar-refractivity contribution >= 4 is 24.2 Å². The largest absolute Gasteiger partial charge is 0.471 e. The molecule has 1 N–H and O–H groups in total. The molecule has 2 fully saturated rings. The van der Waals surface area contributed by atoms with Gasteiger partial charge < -0.3 is 19.9 Å². The predicted octanol–water partition coefficient (Wildman–Crippen LogP) is 5.52. The van der Waals surface area contributed by atoms with E-state index in [2.05, 4.69) is 75.6 Å². The maximum atomic E-state index is 13.3. The van der Waals surface area contributed by atoms with E-state index in [1.54, 1.807) is 4.90 Å². The number of nitrogens with one attached hydrogen (secondary N) is 1. The Morgan fingerprint density at radius 3 is 2.04 bits per heavy atom. The van der Waals surface area contributed by atoms with Crippen molar-refractivity contribution in [3.05, 3.63) is 35.9 Å². The first-order chi connectivity index (χ1) is 21.7. The SMILES string of the molecule is CC(C)C.CC[C@H](C(=O)NCC(=O)N(C)[C@H](CN1CCCC[C@H]1C(=O)N1CCCC1)C(C)C)C(C)(C)c1ccccc1.COC=O. The van der Waals surface area contributed by atoms with Gasteiger partial charge in [-0.2, -0.15) is 0 Å². The van der Waals surface area contributed by atoms with Crippen molar-refractivity contribution in [1.29, 1.82) is 0 Å². The van der Waals surface area contributed by atoms with Crippen molar-refractivity contribution in [2.75, 3.05) is 46.9 Å². The topological polar surface area (TPSA) is 99.3 Å². The van der Waals surface area contributed by atoms with Crippen molar-refractivity contribution in [2.45, 2.75) is 111 Å². The minimum absolute atomic E-state index is 0.0178. The van der Waals surface area contributed by atoms with Gasteiger partial charge in [-0.25, -0.2) is 0 Å². The average Bonchev–Trinajstić information content (AvgIpc) is 3.57. The number of carbonyl (C=O) groups excluding carboxylic acids is 4. The van der Waals surface area contributed by atoms with E-state index in [0.717, 1.165) is 63.2 Å². The van der Waals surface area contributed by atoms with E-state index in [1.807, 2.05) is 37.1 Å². The molecule has 2 heterocycles. The normalized spacial score (nSPS) is 18.0. The first-order valence-corrected chi connectivity index (χ1v) is 17.3. The van der Waals surface area contributed by atoms with Crippen molar-refractivity contribution in [3.63, 3.8) is 0 Å². The number of nitrogens with zero attached hydrogens (tertiary/aromatic N) is 3. The molecule has 2 saturated heterocycles. The van der Waals surface area contributed by atoms with Crippen LogP contribution in [0.25, 0.3) is 0 Å². The number of hydrogen-bond acceptors (Lipinski definition) is 6. The quantitative estimate of drug-likeness (QED) is 0.301. The summed E-state index contributed by atoms with van der Waals surface area (Å²) in [5.74, 6) is 0.900. The van der Waals surface area contributed by atoms with Gasteiger partial charge in [0.05, 0.1) is 19.7 Å². The van der Waals surface area contributed by atoms with E-state index in [1.165, 1.54) is 7.11 Å². The average molecular weight is 645 g/mol. The van der Waals surface area contributed by atoms with Crippen LogP contribution in [0.5, 0.6) is 0 Å². The van der Waals surface area contributed by atoms with Gasteiger partial charge in [-0.15, -0.1) is 0 Å². The molecule has 3 rings (SSSR count). The monoisotopic (exact) mass is 644 g/mol. The fraction of sp³-hybridized carbons (Fsp3) is 0.730. The molecule has 9 heteroatoms. The first kappa shape index (κ1) is 41.1. The summed E-state index contributed by atoms with van der Waals surface area (Å²) >= 11 is 0. The zero-order valence-electron chi connectivity index (χ0n) is 30.5. The minimum atomic E-state index is -0.347. The minimum Gasteiger partial charge on any atom is -0.471 e. The second-order valence-corrected chi connectivity index (χ2v) is 14.2. The van der Waals surface area contributed by atoms with E-state index in [0.29, 0.717) is 19.4 Å². The molecule has 3 amide bonds. The van der Waals surface area contributed by atoms with E-state index >= 15 is 0 Å². The molecule has 0 aromatic heterocycles. The Kier molecular flexibility index (Phi) is 18.8. The summed E-state index contributed by atoms with van der Waals surface area (Å²) in [7, 11) is 3.15. The fourth-order valence-electron chi connectivity index (χ4n) is 6.35. The van der Waals surface area contributed by atoms with Gasteiger partial charge in [0, 0.05) is 44.1 Å². The lowest BCUT2D eigenvalue weighted by atomic mass is 9.71. The number of likely N-dealkylation sites (tertiary alicyclic amines) is 2. The van der Waals surface area contributed by atoms with Crippen LogP contribution in [-0.4, -0.2) is 97.9 Å². The Morgan fingerprint density at radius 1 is 1.00 bits per heavy atom. The molecule has 0 unspecified atom stereocenters. The van der Waals surface area contributed by atoms with Crippen LogP contribution in [0.2, 0.25) is 0 Å². The molecule has 0 aliphatic carbocycles. The highest BCUT2D eigenvalue weighted by molar-refractivity contribution is 5.86. The lowest BCUT2D eigenvalue weighted by molar-refractivity contribution is -0.139. The molecule has 2 aliphatic rings. The summed E-state index contributed by atoms with van der Waals surface area (Å²) in [4.78, 5) is 54.9. The molecular formula is C37H64N4O5. The van der Waals surface area contributed by atoms with Gasteiger partial charge >= 0.3 is 0 Å². The third-order valence-electron chi connectivity index (χ3n) is 9.02. The lowest BCUT2D eigenvalue weighted by Crippen LogP contribution is -2.56. The first-order valence-electron chi connectivity index (χ1n) is 17.3. The summed E-state index contributed by atoms with van der Waals surface area (Å²) < 4.78 is 3.86. The number of likely N-dealkylation sites (N-methyl/N-ethyl adjacent to an activating group) is 1. The second kappa shape index (κ2) is 21.0. The summed E-state index contributed by atoms with van der Waals surface area (Å²) in [6.07, 6.45) is 5.93. The van der Waals surface area contributed by atoms with Gasteiger partial charge in [-0.3, -0.25) is 24.1 Å². The van der Waals surface area contributed by atoms with Crippen LogP contribution in [0.3, 0.4) is 0 Å². The highest BCUT2D eigenvalue weighted by atomic mass is 16.5. The molecule has 3 atom stereocenters. The van der Waals surface area contributed by atoms with E-state index < -0.39 is 0 Å². The van der Waals surface area contributed by atoms with Gasteiger partial charge in [-0.05, 0) is 56.0 Å². The molecule has 1 aromatic rings. The number of hydrogen-bond donors (Lipinski definition) is 1. The molecule has 1 aromatic carbocycles.